The number of hydrogen-bond donors (Lipinski definition) is 1. The Hall–Kier alpha value is -2.41. The number of nitrogens with one attached hydrogen (secondary N) is 1. The highest BCUT2D eigenvalue weighted by Gasteiger charge is 2.19. The fraction of sp³-hybridized carbons (Fsp3) is 0.273. The van der Waals surface area contributed by atoms with Crippen LogP contribution in [0, 0.1) is 0 Å². The second kappa shape index (κ2) is 9.87. The van der Waals surface area contributed by atoms with E-state index in [2.05, 4.69) is 15.2 Å². The number of halogens is 1. The zero-order valence-electron chi connectivity index (χ0n) is 16.7. The van der Waals surface area contributed by atoms with Crippen LogP contribution in [0.2, 0.25) is 5.02 Å². The number of nitrogens with zero attached hydrogens (tertiary/aromatic N) is 2. The van der Waals surface area contributed by atoms with Crippen molar-refractivity contribution in [3.8, 4) is 16.3 Å². The molecule has 29 heavy (non-hydrogen) atoms. The Labute approximate surface area is 180 Å². The van der Waals surface area contributed by atoms with Crippen LogP contribution in [-0.4, -0.2) is 43.5 Å². The fourth-order valence-corrected chi connectivity index (χ4v) is 4.24. The average molecular weight is 430 g/mol. The Morgan fingerprint density at radius 1 is 1.21 bits per heavy atom. The van der Waals surface area contributed by atoms with Crippen LogP contribution in [0.25, 0.3) is 10.6 Å². The molecule has 1 aromatic heterocycles. The summed E-state index contributed by atoms with van der Waals surface area (Å²) in [5, 5.41) is 6.40. The molecule has 2 aromatic carbocycles. The van der Waals surface area contributed by atoms with E-state index in [0.29, 0.717) is 11.6 Å². The molecule has 0 aliphatic rings. The highest BCUT2D eigenvalue weighted by molar-refractivity contribution is 7.13. The monoisotopic (exact) mass is 429 g/mol. The molecule has 1 N–H and O–H groups in total. The summed E-state index contributed by atoms with van der Waals surface area (Å²) in [6.45, 7) is 0.480. The van der Waals surface area contributed by atoms with E-state index in [1.807, 2.05) is 68.0 Å². The van der Waals surface area contributed by atoms with Crippen LogP contribution in [0.15, 0.2) is 53.9 Å². The number of likely N-dealkylation sites (N-methyl/N-ethyl adjacent to an activating group) is 1. The van der Waals surface area contributed by atoms with Crippen molar-refractivity contribution in [1.29, 1.82) is 0 Å². The summed E-state index contributed by atoms with van der Waals surface area (Å²) in [4.78, 5) is 19.2. The number of ether oxygens (including phenoxy) is 1. The molecule has 0 fully saturated rings. The lowest BCUT2D eigenvalue weighted by Crippen LogP contribution is -2.35. The molecule has 1 atom stereocenters. The zero-order chi connectivity index (χ0) is 20.8. The number of thiazole rings is 1. The number of methoxy groups -OCH3 is 1. The van der Waals surface area contributed by atoms with Gasteiger partial charge in [0.25, 0.3) is 0 Å². The van der Waals surface area contributed by atoms with E-state index >= 15 is 0 Å². The summed E-state index contributed by atoms with van der Waals surface area (Å²) >= 11 is 7.73. The van der Waals surface area contributed by atoms with Gasteiger partial charge in [0.15, 0.2) is 0 Å². The molecule has 7 heteroatoms. The summed E-state index contributed by atoms with van der Waals surface area (Å²) < 4.78 is 5.47. The Kier molecular flexibility index (Phi) is 7.25. The van der Waals surface area contributed by atoms with E-state index in [4.69, 9.17) is 16.3 Å². The normalized spacial score (nSPS) is 12.0. The average Bonchev–Trinajstić information content (AvgIpc) is 3.16. The molecule has 0 spiro atoms. The maximum atomic E-state index is 12.5. The largest absolute Gasteiger partial charge is 0.496 e. The smallest absolute Gasteiger partial charge is 0.226 e. The molecular formula is C22H24ClN3O2S. The van der Waals surface area contributed by atoms with Gasteiger partial charge in [-0.15, -0.1) is 11.3 Å². The van der Waals surface area contributed by atoms with Crippen LogP contribution in [0.3, 0.4) is 0 Å². The van der Waals surface area contributed by atoms with Crippen LogP contribution in [0.1, 0.15) is 17.3 Å². The molecule has 0 radical (unpaired) electrons. The minimum atomic E-state index is -0.0669. The maximum absolute atomic E-state index is 12.5. The quantitative estimate of drug-likeness (QED) is 0.575. The van der Waals surface area contributed by atoms with E-state index in [0.717, 1.165) is 27.6 Å². The molecule has 1 unspecified atom stereocenters. The zero-order valence-corrected chi connectivity index (χ0v) is 18.3. The van der Waals surface area contributed by atoms with Crippen molar-refractivity contribution in [2.75, 3.05) is 27.7 Å². The van der Waals surface area contributed by atoms with Gasteiger partial charge in [0, 0.05) is 23.1 Å². The van der Waals surface area contributed by atoms with Gasteiger partial charge in [-0.05, 0) is 26.2 Å². The van der Waals surface area contributed by atoms with E-state index in [-0.39, 0.29) is 18.4 Å². The van der Waals surface area contributed by atoms with Crippen LogP contribution in [0.4, 0.5) is 0 Å². The third-order valence-corrected chi connectivity index (χ3v) is 5.87. The second-order valence-corrected chi connectivity index (χ2v) is 8.09. The first kappa shape index (κ1) is 21.3. The summed E-state index contributed by atoms with van der Waals surface area (Å²) in [7, 11) is 5.63. The molecule has 1 amide bonds. The van der Waals surface area contributed by atoms with Crippen molar-refractivity contribution in [2.24, 2.45) is 0 Å². The van der Waals surface area contributed by atoms with Crippen LogP contribution < -0.4 is 10.1 Å². The number of para-hydroxylation sites is 1. The first-order chi connectivity index (χ1) is 14.0. The molecule has 0 aliphatic carbocycles. The van der Waals surface area contributed by atoms with Gasteiger partial charge in [-0.1, -0.05) is 48.0 Å². The third-order valence-electron chi connectivity index (χ3n) is 4.61. The lowest BCUT2D eigenvalue weighted by Gasteiger charge is -2.26. The molecule has 152 valence electrons. The summed E-state index contributed by atoms with van der Waals surface area (Å²) in [5.74, 6) is 0.743. The van der Waals surface area contributed by atoms with E-state index in [9.17, 15) is 4.79 Å². The van der Waals surface area contributed by atoms with Gasteiger partial charge in [-0.3, -0.25) is 4.79 Å². The standard InChI is InChI=1S/C22H24ClN3O2S/c1-26(2)19(17-9-5-7-11-20(17)28-3)13-24-21(27)12-15-14-29-22(25-15)16-8-4-6-10-18(16)23/h4-11,14,19H,12-13H2,1-3H3,(H,24,27). The molecule has 0 saturated heterocycles. The van der Waals surface area contributed by atoms with Gasteiger partial charge < -0.3 is 15.0 Å². The number of carbonyl (C=O) groups excluding carboxylic acids is 1. The van der Waals surface area contributed by atoms with Crippen molar-refractivity contribution in [3.05, 3.63) is 70.2 Å². The SMILES string of the molecule is COc1ccccc1C(CNC(=O)Cc1csc(-c2ccccc2Cl)n1)N(C)C. The van der Waals surface area contributed by atoms with Gasteiger partial charge in [0.05, 0.1) is 30.3 Å². The highest BCUT2D eigenvalue weighted by Crippen LogP contribution is 2.30. The molecule has 0 bridgehead atoms. The second-order valence-electron chi connectivity index (χ2n) is 6.83. The predicted octanol–water partition coefficient (Wildman–Crippen LogP) is 4.43. The van der Waals surface area contributed by atoms with Crippen molar-refractivity contribution in [3.63, 3.8) is 0 Å². The number of aromatic nitrogens is 1. The summed E-state index contributed by atoms with van der Waals surface area (Å²) in [6, 6.07) is 15.4. The predicted molar refractivity (Wildman–Crippen MR) is 119 cm³/mol. The minimum Gasteiger partial charge on any atom is -0.496 e. The minimum absolute atomic E-state index is 0.00391. The van der Waals surface area contributed by atoms with E-state index in [1.165, 1.54) is 11.3 Å². The lowest BCUT2D eigenvalue weighted by molar-refractivity contribution is -0.120. The Balaban J connectivity index is 1.64. The van der Waals surface area contributed by atoms with E-state index < -0.39 is 0 Å². The summed E-state index contributed by atoms with van der Waals surface area (Å²) in [5.41, 5.74) is 2.66. The highest BCUT2D eigenvalue weighted by atomic mass is 35.5. The first-order valence-electron chi connectivity index (χ1n) is 9.25. The molecular weight excluding hydrogens is 406 g/mol. The molecule has 0 saturated carbocycles. The topological polar surface area (TPSA) is 54.5 Å². The Morgan fingerprint density at radius 2 is 1.93 bits per heavy atom. The van der Waals surface area contributed by atoms with Crippen LogP contribution >= 0.6 is 22.9 Å². The van der Waals surface area contributed by atoms with E-state index in [1.54, 1.807) is 7.11 Å². The molecule has 1 heterocycles. The fourth-order valence-electron chi connectivity index (χ4n) is 3.10. The first-order valence-corrected chi connectivity index (χ1v) is 10.5. The van der Waals surface area contributed by atoms with Crippen molar-refractivity contribution in [1.82, 2.24) is 15.2 Å². The number of rotatable bonds is 8. The number of amides is 1. The van der Waals surface area contributed by atoms with Gasteiger partial charge in [0.1, 0.15) is 10.8 Å². The van der Waals surface area contributed by atoms with Gasteiger partial charge in [0.2, 0.25) is 5.91 Å². The van der Waals surface area contributed by atoms with Crippen LogP contribution in [-0.2, 0) is 11.2 Å². The number of benzene rings is 2. The molecule has 3 rings (SSSR count). The molecule has 0 aliphatic heterocycles. The number of carbonyl (C=O) groups is 1. The van der Waals surface area contributed by atoms with Gasteiger partial charge >= 0.3 is 0 Å². The van der Waals surface area contributed by atoms with Gasteiger partial charge in [-0.25, -0.2) is 4.98 Å². The van der Waals surface area contributed by atoms with Crippen molar-refractivity contribution < 1.29 is 9.53 Å². The third kappa shape index (κ3) is 5.35. The maximum Gasteiger partial charge on any atom is 0.226 e. The molecule has 5 nitrogen and oxygen atoms in total. The van der Waals surface area contributed by atoms with Crippen molar-refractivity contribution in [2.45, 2.75) is 12.5 Å². The van der Waals surface area contributed by atoms with Crippen molar-refractivity contribution >= 4 is 28.8 Å². The summed E-state index contributed by atoms with van der Waals surface area (Å²) in [6.07, 6.45) is 0.229. The van der Waals surface area contributed by atoms with Gasteiger partial charge in [-0.2, -0.15) is 0 Å². The Morgan fingerprint density at radius 3 is 2.66 bits per heavy atom. The lowest BCUT2D eigenvalue weighted by atomic mass is 10.0. The number of hydrogen-bond acceptors (Lipinski definition) is 5. The Bertz CT molecular complexity index is 974. The molecule has 3 aromatic rings. The van der Waals surface area contributed by atoms with Crippen LogP contribution in [0.5, 0.6) is 5.75 Å².